The number of nitrogens with zero attached hydrogens (tertiary/aromatic N) is 1. The first-order chi connectivity index (χ1) is 11.8. The second-order valence-corrected chi connectivity index (χ2v) is 5.96. The molecule has 0 saturated carbocycles. The molecule has 0 saturated heterocycles. The van der Waals surface area contributed by atoms with Crippen LogP contribution in [-0.4, -0.2) is 43.9 Å². The fraction of sp³-hybridized carbons (Fsp3) is 0.632. The summed E-state index contributed by atoms with van der Waals surface area (Å²) in [6.45, 7) is 7.93. The Morgan fingerprint density at radius 1 is 1.08 bits per heavy atom. The Labute approximate surface area is 170 Å². The van der Waals surface area contributed by atoms with Crippen LogP contribution in [0.1, 0.15) is 39.5 Å². The Balaban J connectivity index is 0.00000576. The van der Waals surface area contributed by atoms with Crippen LogP contribution in [0.5, 0.6) is 0 Å². The molecule has 0 bridgehead atoms. The van der Waals surface area contributed by atoms with Gasteiger partial charge in [-0.1, -0.05) is 31.5 Å². The molecule has 4 N–H and O–H groups in total. The van der Waals surface area contributed by atoms with Gasteiger partial charge in [0, 0.05) is 38.5 Å². The standard InChI is InChI=1S/C19H34N4O.HI/c1-3-9-17(12-15-24)16-23-19(20-4-2)22-14-8-13-21-18-10-6-5-7-11-18;/h5-7,10-11,17,21,24H,3-4,8-9,12-16H2,1-2H3,(H2,20,22,23);1H. The van der Waals surface area contributed by atoms with Crippen LogP contribution < -0.4 is 16.0 Å². The molecule has 0 spiro atoms. The van der Waals surface area contributed by atoms with Crippen LogP contribution in [0.25, 0.3) is 0 Å². The molecule has 0 aliphatic carbocycles. The third kappa shape index (κ3) is 12.0. The van der Waals surface area contributed by atoms with Crippen LogP contribution in [0.3, 0.4) is 0 Å². The number of halogens is 1. The minimum absolute atomic E-state index is 0. The van der Waals surface area contributed by atoms with Crippen molar-refractivity contribution in [2.24, 2.45) is 10.9 Å². The summed E-state index contributed by atoms with van der Waals surface area (Å²) in [7, 11) is 0. The van der Waals surface area contributed by atoms with Crippen LogP contribution in [0.4, 0.5) is 5.69 Å². The molecule has 1 aromatic rings. The molecule has 0 aromatic heterocycles. The third-order valence-corrected chi connectivity index (χ3v) is 3.84. The van der Waals surface area contributed by atoms with Gasteiger partial charge in [-0.25, -0.2) is 0 Å². The number of nitrogens with one attached hydrogen (secondary N) is 3. The van der Waals surface area contributed by atoms with Crippen LogP contribution in [-0.2, 0) is 0 Å². The lowest BCUT2D eigenvalue weighted by Gasteiger charge is -2.15. The Kier molecular flexibility index (Phi) is 15.8. The number of rotatable bonds is 12. The van der Waals surface area contributed by atoms with E-state index in [1.165, 1.54) is 0 Å². The van der Waals surface area contributed by atoms with Crippen molar-refractivity contribution in [2.45, 2.75) is 39.5 Å². The van der Waals surface area contributed by atoms with Gasteiger partial charge in [0.05, 0.1) is 0 Å². The predicted octanol–water partition coefficient (Wildman–Crippen LogP) is 3.46. The SMILES string of the molecule is CCCC(CCO)CN=C(NCC)NCCCNc1ccccc1.I. The first kappa shape index (κ1) is 24.0. The number of aliphatic hydroxyl groups excluding tert-OH is 1. The molecule has 1 aromatic carbocycles. The van der Waals surface area contributed by atoms with Gasteiger partial charge in [0.15, 0.2) is 5.96 Å². The van der Waals surface area contributed by atoms with Crippen LogP contribution in [0.2, 0.25) is 0 Å². The smallest absolute Gasteiger partial charge is 0.191 e. The van der Waals surface area contributed by atoms with Gasteiger partial charge in [-0.05, 0) is 44.2 Å². The number of anilines is 1. The van der Waals surface area contributed by atoms with E-state index in [-0.39, 0.29) is 30.6 Å². The minimum Gasteiger partial charge on any atom is -0.396 e. The van der Waals surface area contributed by atoms with Crippen molar-refractivity contribution in [1.82, 2.24) is 10.6 Å². The predicted molar refractivity (Wildman–Crippen MR) is 119 cm³/mol. The lowest BCUT2D eigenvalue weighted by atomic mass is 10.0. The third-order valence-electron chi connectivity index (χ3n) is 3.84. The van der Waals surface area contributed by atoms with Crippen molar-refractivity contribution in [3.8, 4) is 0 Å². The zero-order valence-corrected chi connectivity index (χ0v) is 18.0. The summed E-state index contributed by atoms with van der Waals surface area (Å²) in [6.07, 6.45) is 4.10. The van der Waals surface area contributed by atoms with E-state index in [0.29, 0.717) is 5.92 Å². The van der Waals surface area contributed by atoms with Gasteiger partial charge in [-0.15, -0.1) is 24.0 Å². The van der Waals surface area contributed by atoms with E-state index in [1.54, 1.807) is 0 Å². The highest BCUT2D eigenvalue weighted by atomic mass is 127. The molecule has 0 heterocycles. The number of hydrogen-bond donors (Lipinski definition) is 4. The second kappa shape index (κ2) is 16.4. The molecule has 0 aliphatic rings. The molecule has 1 atom stereocenters. The largest absolute Gasteiger partial charge is 0.396 e. The topological polar surface area (TPSA) is 68.7 Å². The van der Waals surface area contributed by atoms with E-state index < -0.39 is 0 Å². The van der Waals surface area contributed by atoms with Crippen molar-refractivity contribution in [2.75, 3.05) is 38.1 Å². The Hall–Kier alpha value is -1.02. The number of benzene rings is 1. The van der Waals surface area contributed by atoms with E-state index >= 15 is 0 Å². The quantitative estimate of drug-likeness (QED) is 0.166. The van der Waals surface area contributed by atoms with Crippen LogP contribution in [0.15, 0.2) is 35.3 Å². The zero-order valence-electron chi connectivity index (χ0n) is 15.6. The van der Waals surface area contributed by atoms with Crippen molar-refractivity contribution in [1.29, 1.82) is 0 Å². The monoisotopic (exact) mass is 462 g/mol. The molecule has 1 unspecified atom stereocenters. The summed E-state index contributed by atoms with van der Waals surface area (Å²) in [6, 6.07) is 10.3. The Morgan fingerprint density at radius 2 is 1.84 bits per heavy atom. The van der Waals surface area contributed by atoms with Crippen molar-refractivity contribution >= 4 is 35.6 Å². The molecule has 0 amide bonds. The highest BCUT2D eigenvalue weighted by Crippen LogP contribution is 2.11. The highest BCUT2D eigenvalue weighted by Gasteiger charge is 2.07. The summed E-state index contributed by atoms with van der Waals surface area (Å²) in [5.74, 6) is 1.34. The molecule has 1 rings (SSSR count). The van der Waals surface area contributed by atoms with Crippen LogP contribution >= 0.6 is 24.0 Å². The Morgan fingerprint density at radius 3 is 2.48 bits per heavy atom. The number of para-hydroxylation sites is 1. The summed E-state index contributed by atoms with van der Waals surface area (Å²) in [4.78, 5) is 4.67. The van der Waals surface area contributed by atoms with E-state index in [4.69, 9.17) is 5.11 Å². The molecule has 6 heteroatoms. The fourth-order valence-corrected chi connectivity index (χ4v) is 2.56. The summed E-state index contributed by atoms with van der Waals surface area (Å²) >= 11 is 0. The van der Waals surface area contributed by atoms with Gasteiger partial charge < -0.3 is 21.1 Å². The Bertz CT molecular complexity index is 436. The van der Waals surface area contributed by atoms with Gasteiger partial charge in [0.25, 0.3) is 0 Å². The van der Waals surface area contributed by atoms with Gasteiger partial charge in [-0.3, -0.25) is 4.99 Å². The molecule has 5 nitrogen and oxygen atoms in total. The van der Waals surface area contributed by atoms with E-state index in [0.717, 1.165) is 63.5 Å². The maximum Gasteiger partial charge on any atom is 0.191 e. The van der Waals surface area contributed by atoms with Gasteiger partial charge >= 0.3 is 0 Å². The molecule has 25 heavy (non-hydrogen) atoms. The number of aliphatic hydroxyl groups is 1. The normalized spacial score (nSPS) is 12.2. The molecular formula is C19H35IN4O. The number of guanidine groups is 1. The first-order valence-corrected chi connectivity index (χ1v) is 9.22. The molecule has 0 fully saturated rings. The second-order valence-electron chi connectivity index (χ2n) is 5.96. The lowest BCUT2D eigenvalue weighted by molar-refractivity contribution is 0.253. The maximum absolute atomic E-state index is 9.14. The number of aliphatic imine (C=N–C) groups is 1. The average Bonchev–Trinajstić information content (AvgIpc) is 2.60. The summed E-state index contributed by atoms with van der Waals surface area (Å²) in [5.41, 5.74) is 1.16. The van der Waals surface area contributed by atoms with E-state index in [9.17, 15) is 0 Å². The summed E-state index contributed by atoms with van der Waals surface area (Å²) < 4.78 is 0. The first-order valence-electron chi connectivity index (χ1n) is 9.22. The van der Waals surface area contributed by atoms with Crippen LogP contribution in [0, 0.1) is 5.92 Å². The van der Waals surface area contributed by atoms with Gasteiger partial charge in [0.2, 0.25) is 0 Å². The zero-order chi connectivity index (χ0) is 17.5. The van der Waals surface area contributed by atoms with Crippen molar-refractivity contribution in [3.05, 3.63) is 30.3 Å². The molecule has 0 aliphatic heterocycles. The molecule has 144 valence electrons. The van der Waals surface area contributed by atoms with E-state index in [1.807, 2.05) is 18.2 Å². The highest BCUT2D eigenvalue weighted by molar-refractivity contribution is 14.0. The van der Waals surface area contributed by atoms with E-state index in [2.05, 4.69) is 46.9 Å². The van der Waals surface area contributed by atoms with Crippen molar-refractivity contribution in [3.63, 3.8) is 0 Å². The summed E-state index contributed by atoms with van der Waals surface area (Å²) in [5, 5.41) is 19.2. The average molecular weight is 462 g/mol. The lowest BCUT2D eigenvalue weighted by Crippen LogP contribution is -2.38. The fourth-order valence-electron chi connectivity index (χ4n) is 2.56. The minimum atomic E-state index is 0. The van der Waals surface area contributed by atoms with Crippen molar-refractivity contribution < 1.29 is 5.11 Å². The van der Waals surface area contributed by atoms with Gasteiger partial charge in [0.1, 0.15) is 0 Å². The maximum atomic E-state index is 9.14. The van der Waals surface area contributed by atoms with Gasteiger partial charge in [-0.2, -0.15) is 0 Å². The number of hydrogen-bond acceptors (Lipinski definition) is 3. The molecule has 0 radical (unpaired) electrons. The molecular weight excluding hydrogens is 427 g/mol.